The Balaban J connectivity index is 1.92. The van der Waals surface area contributed by atoms with Crippen molar-refractivity contribution in [1.82, 2.24) is 9.58 Å². The number of amides is 1. The van der Waals surface area contributed by atoms with Gasteiger partial charge in [0, 0.05) is 25.0 Å². The summed E-state index contributed by atoms with van der Waals surface area (Å²) in [4.78, 5) is 14.1. The van der Waals surface area contributed by atoms with Crippen LogP contribution in [0.25, 0.3) is 0 Å². The van der Waals surface area contributed by atoms with Crippen LogP contribution in [0.3, 0.4) is 0 Å². The van der Waals surface area contributed by atoms with Crippen LogP contribution in [0.1, 0.15) is 34.1 Å². The molecule has 0 radical (unpaired) electrons. The van der Waals surface area contributed by atoms with Crippen LogP contribution in [0.15, 0.2) is 24.5 Å². The van der Waals surface area contributed by atoms with Gasteiger partial charge >= 0.3 is 6.09 Å². The Morgan fingerprint density at radius 2 is 2.09 bits per heavy atom. The lowest BCUT2D eigenvalue weighted by molar-refractivity contribution is -0.0347. The van der Waals surface area contributed by atoms with Crippen LogP contribution in [0.5, 0.6) is 0 Å². The fourth-order valence-electron chi connectivity index (χ4n) is 2.55. The minimum absolute atomic E-state index is 0.0293. The van der Waals surface area contributed by atoms with Gasteiger partial charge in [-0.1, -0.05) is 0 Å². The van der Waals surface area contributed by atoms with Crippen LogP contribution in [0, 0.1) is 0 Å². The Morgan fingerprint density at radius 1 is 1.41 bits per heavy atom. The van der Waals surface area contributed by atoms with Gasteiger partial charge in [-0.2, -0.15) is 0 Å². The van der Waals surface area contributed by atoms with E-state index >= 15 is 0 Å². The number of rotatable bonds is 4. The van der Waals surface area contributed by atoms with Crippen molar-refractivity contribution in [1.29, 1.82) is 0 Å². The summed E-state index contributed by atoms with van der Waals surface area (Å²) in [6.45, 7) is 9.45. The van der Waals surface area contributed by atoms with Crippen LogP contribution in [0.4, 0.5) is 4.79 Å². The van der Waals surface area contributed by atoms with E-state index in [9.17, 15) is 4.79 Å². The maximum absolute atomic E-state index is 12.3. The quantitative estimate of drug-likeness (QED) is 0.928. The molecular formula is C16H27N3O3. The number of aromatic nitrogens is 1. The predicted molar refractivity (Wildman–Crippen MR) is 85.4 cm³/mol. The molecule has 1 fully saturated rings. The molecule has 0 saturated carbocycles. The molecule has 2 atom stereocenters. The van der Waals surface area contributed by atoms with Crippen LogP contribution < -0.4 is 5.43 Å². The fourth-order valence-corrected chi connectivity index (χ4v) is 2.55. The third-order valence-electron chi connectivity index (χ3n) is 3.46. The zero-order valence-electron chi connectivity index (χ0n) is 13.9. The van der Waals surface area contributed by atoms with Crippen molar-refractivity contribution in [3.05, 3.63) is 24.5 Å². The molecule has 0 bridgehead atoms. The highest BCUT2D eigenvalue weighted by atomic mass is 16.6. The smallest absolute Gasteiger partial charge is 0.410 e. The molecule has 0 aliphatic carbocycles. The Labute approximate surface area is 132 Å². The van der Waals surface area contributed by atoms with Gasteiger partial charge in [0.2, 0.25) is 0 Å². The zero-order chi connectivity index (χ0) is 16.2. The van der Waals surface area contributed by atoms with E-state index in [1.54, 1.807) is 4.90 Å². The number of carbonyl (C=O) groups is 1. The molecule has 6 heteroatoms. The summed E-state index contributed by atoms with van der Waals surface area (Å²) in [5, 5.41) is 0. The van der Waals surface area contributed by atoms with E-state index in [-0.39, 0.29) is 18.2 Å². The van der Waals surface area contributed by atoms with E-state index in [2.05, 4.69) is 12.3 Å². The van der Waals surface area contributed by atoms with E-state index in [1.165, 1.54) is 0 Å². The standard InChI is InChI=1S/C16H27N3O3/c1-13(17-18-7-5-6-8-18)11-14-12-21-10-9-19(14)15(20)22-16(2,3)4/h5-8,13-14,17H,9-12H2,1-4H3. The second-order valence-electron chi connectivity index (χ2n) is 6.76. The molecule has 1 aromatic heterocycles. The Hall–Kier alpha value is -1.69. The van der Waals surface area contributed by atoms with Crippen LogP contribution in [-0.2, 0) is 9.47 Å². The van der Waals surface area contributed by atoms with E-state index in [0.29, 0.717) is 19.8 Å². The summed E-state index contributed by atoms with van der Waals surface area (Å²) in [5.41, 5.74) is 2.88. The van der Waals surface area contributed by atoms with Crippen LogP contribution in [-0.4, -0.2) is 53.1 Å². The molecule has 1 aliphatic heterocycles. The lowest BCUT2D eigenvalue weighted by atomic mass is 10.1. The molecule has 1 aromatic rings. The number of hydrogen-bond acceptors (Lipinski definition) is 4. The summed E-state index contributed by atoms with van der Waals surface area (Å²) in [6, 6.07) is 4.18. The summed E-state index contributed by atoms with van der Waals surface area (Å²) in [6.07, 6.45) is 4.46. The van der Waals surface area contributed by atoms with E-state index in [0.717, 1.165) is 6.42 Å². The predicted octanol–water partition coefficient (Wildman–Crippen LogP) is 2.45. The molecule has 1 saturated heterocycles. The largest absolute Gasteiger partial charge is 0.444 e. The third kappa shape index (κ3) is 4.94. The second-order valence-corrected chi connectivity index (χ2v) is 6.76. The normalized spacial score (nSPS) is 20.5. The highest BCUT2D eigenvalue weighted by Gasteiger charge is 2.31. The van der Waals surface area contributed by atoms with Gasteiger partial charge in [0.1, 0.15) is 5.60 Å². The maximum Gasteiger partial charge on any atom is 0.410 e. The van der Waals surface area contributed by atoms with Gasteiger partial charge in [0.05, 0.1) is 19.3 Å². The molecule has 2 rings (SSSR count). The summed E-state index contributed by atoms with van der Waals surface area (Å²) in [5.74, 6) is 0. The molecule has 1 amide bonds. The fraction of sp³-hybridized carbons (Fsp3) is 0.688. The molecule has 2 unspecified atom stereocenters. The second kappa shape index (κ2) is 7.05. The first kappa shape index (κ1) is 16.7. The average Bonchev–Trinajstić information content (AvgIpc) is 2.90. The molecule has 2 heterocycles. The molecule has 0 spiro atoms. The third-order valence-corrected chi connectivity index (χ3v) is 3.46. The number of carbonyl (C=O) groups excluding carboxylic acids is 1. The van der Waals surface area contributed by atoms with Gasteiger partial charge in [0.25, 0.3) is 0 Å². The minimum Gasteiger partial charge on any atom is -0.444 e. The first-order valence-corrected chi connectivity index (χ1v) is 7.82. The van der Waals surface area contributed by atoms with Crippen molar-refractivity contribution in [2.24, 2.45) is 0 Å². The number of nitrogens with zero attached hydrogens (tertiary/aromatic N) is 2. The number of nitrogens with one attached hydrogen (secondary N) is 1. The van der Waals surface area contributed by atoms with E-state index in [4.69, 9.17) is 9.47 Å². The average molecular weight is 309 g/mol. The van der Waals surface area contributed by atoms with Crippen molar-refractivity contribution < 1.29 is 14.3 Å². The molecule has 124 valence electrons. The van der Waals surface area contributed by atoms with Crippen LogP contribution >= 0.6 is 0 Å². The first-order valence-electron chi connectivity index (χ1n) is 7.82. The zero-order valence-corrected chi connectivity index (χ0v) is 13.9. The van der Waals surface area contributed by atoms with Gasteiger partial charge in [-0.05, 0) is 46.2 Å². The van der Waals surface area contributed by atoms with Crippen molar-refractivity contribution >= 4 is 6.09 Å². The first-order chi connectivity index (χ1) is 10.3. The molecule has 0 aromatic carbocycles. The summed E-state index contributed by atoms with van der Waals surface area (Å²) in [7, 11) is 0. The highest BCUT2D eigenvalue weighted by Crippen LogP contribution is 2.17. The Bertz CT molecular complexity index is 467. The van der Waals surface area contributed by atoms with Crippen molar-refractivity contribution in [2.45, 2.75) is 51.8 Å². The Morgan fingerprint density at radius 3 is 2.73 bits per heavy atom. The highest BCUT2D eigenvalue weighted by molar-refractivity contribution is 5.68. The van der Waals surface area contributed by atoms with Gasteiger partial charge in [-0.3, -0.25) is 4.68 Å². The van der Waals surface area contributed by atoms with Gasteiger partial charge in [-0.15, -0.1) is 0 Å². The van der Waals surface area contributed by atoms with Crippen molar-refractivity contribution in [3.8, 4) is 0 Å². The number of hydrogen-bond donors (Lipinski definition) is 1. The van der Waals surface area contributed by atoms with Gasteiger partial charge < -0.3 is 19.8 Å². The SMILES string of the molecule is CC(CC1COCCN1C(=O)OC(C)(C)C)Nn1cccc1. The lowest BCUT2D eigenvalue weighted by Gasteiger charge is -2.37. The molecule has 6 nitrogen and oxygen atoms in total. The van der Waals surface area contributed by atoms with Crippen LogP contribution in [0.2, 0.25) is 0 Å². The van der Waals surface area contributed by atoms with E-state index < -0.39 is 5.60 Å². The van der Waals surface area contributed by atoms with E-state index in [1.807, 2.05) is 50.0 Å². The molecule has 1 aliphatic rings. The topological polar surface area (TPSA) is 55.7 Å². The van der Waals surface area contributed by atoms with Crippen molar-refractivity contribution in [3.63, 3.8) is 0 Å². The monoisotopic (exact) mass is 309 g/mol. The molecule has 22 heavy (non-hydrogen) atoms. The van der Waals surface area contributed by atoms with Gasteiger partial charge in [-0.25, -0.2) is 4.79 Å². The maximum atomic E-state index is 12.3. The van der Waals surface area contributed by atoms with Gasteiger partial charge in [0.15, 0.2) is 0 Å². The summed E-state index contributed by atoms with van der Waals surface area (Å²) < 4.78 is 13.0. The Kier molecular flexibility index (Phi) is 5.34. The molecule has 1 N–H and O–H groups in total. The lowest BCUT2D eigenvalue weighted by Crippen LogP contribution is -2.52. The van der Waals surface area contributed by atoms with Crippen molar-refractivity contribution in [2.75, 3.05) is 25.2 Å². The minimum atomic E-state index is -0.477. The number of morpholine rings is 1. The molecular weight excluding hydrogens is 282 g/mol. The summed E-state index contributed by atoms with van der Waals surface area (Å²) >= 11 is 0. The number of ether oxygens (including phenoxy) is 2.